The molecule has 0 atom stereocenters. The molecule has 0 fully saturated rings. The van der Waals surface area contributed by atoms with Gasteiger partial charge in [-0.25, -0.2) is 9.07 Å². The molecule has 0 saturated heterocycles. The average Bonchev–Trinajstić information content (AvgIpc) is 3.16. The molecule has 0 aliphatic heterocycles. The van der Waals surface area contributed by atoms with Gasteiger partial charge >= 0.3 is 0 Å². The summed E-state index contributed by atoms with van der Waals surface area (Å²) in [5.74, 6) is -0.177. The Bertz CT molecular complexity index is 892. The van der Waals surface area contributed by atoms with Gasteiger partial charge in [0.05, 0.1) is 24.7 Å². The van der Waals surface area contributed by atoms with Crippen molar-refractivity contribution in [2.24, 2.45) is 0 Å². The summed E-state index contributed by atoms with van der Waals surface area (Å²) >= 11 is 0. The summed E-state index contributed by atoms with van der Waals surface area (Å²) in [4.78, 5) is 0. The van der Waals surface area contributed by atoms with Crippen molar-refractivity contribution < 1.29 is 9.13 Å². The Morgan fingerprint density at radius 3 is 2.23 bits per heavy atom. The van der Waals surface area contributed by atoms with E-state index in [1.54, 1.807) is 16.9 Å². The van der Waals surface area contributed by atoms with Crippen molar-refractivity contribution in [3.8, 4) is 22.7 Å². The highest BCUT2D eigenvalue weighted by atomic mass is 19.1. The third-order valence-electron chi connectivity index (χ3n) is 4.78. The van der Waals surface area contributed by atoms with E-state index in [-0.39, 0.29) is 5.75 Å². The summed E-state index contributed by atoms with van der Waals surface area (Å²) < 4.78 is 20.9. The Balaban J connectivity index is 2.13. The van der Waals surface area contributed by atoms with Gasteiger partial charge in [0, 0.05) is 5.56 Å². The minimum absolute atomic E-state index is 0.224. The number of benzene rings is 2. The molecular formula is C21H24FN3O. The highest BCUT2D eigenvalue weighted by molar-refractivity contribution is 5.63. The first-order valence-electron chi connectivity index (χ1n) is 9.02. The Morgan fingerprint density at radius 1 is 1.00 bits per heavy atom. The van der Waals surface area contributed by atoms with Crippen LogP contribution in [0.1, 0.15) is 37.5 Å². The van der Waals surface area contributed by atoms with Gasteiger partial charge in [-0.05, 0) is 66.3 Å². The molecular weight excluding hydrogens is 329 g/mol. The van der Waals surface area contributed by atoms with Crippen LogP contribution in [0, 0.1) is 5.82 Å². The van der Waals surface area contributed by atoms with Crippen molar-refractivity contribution >= 4 is 0 Å². The molecule has 0 spiro atoms. The molecule has 2 aromatic carbocycles. The third kappa shape index (κ3) is 3.21. The number of hydrogen-bond acceptors (Lipinski definition) is 3. The number of rotatable bonds is 6. The second-order valence-electron chi connectivity index (χ2n) is 6.18. The minimum Gasteiger partial charge on any atom is -0.494 e. The summed E-state index contributed by atoms with van der Waals surface area (Å²) in [6, 6.07) is 9.22. The maximum absolute atomic E-state index is 14.1. The van der Waals surface area contributed by atoms with Gasteiger partial charge in [0.15, 0.2) is 11.6 Å². The van der Waals surface area contributed by atoms with Crippen LogP contribution in [0.3, 0.4) is 0 Å². The topological polar surface area (TPSA) is 39.9 Å². The van der Waals surface area contributed by atoms with Gasteiger partial charge in [0.2, 0.25) is 0 Å². The lowest BCUT2D eigenvalue weighted by molar-refractivity contribution is 0.386. The molecule has 136 valence electrons. The first kappa shape index (κ1) is 18.1. The summed E-state index contributed by atoms with van der Waals surface area (Å²) in [5, 5.41) is 8.31. The zero-order chi connectivity index (χ0) is 18.7. The van der Waals surface area contributed by atoms with Gasteiger partial charge in [-0.15, -0.1) is 5.10 Å². The van der Waals surface area contributed by atoms with Gasteiger partial charge in [-0.1, -0.05) is 26.0 Å². The van der Waals surface area contributed by atoms with Crippen molar-refractivity contribution in [1.82, 2.24) is 15.0 Å². The summed E-state index contributed by atoms with van der Waals surface area (Å²) in [6.07, 6.45) is 4.60. The number of halogens is 1. The van der Waals surface area contributed by atoms with E-state index in [0.717, 1.165) is 30.6 Å². The Kier molecular flexibility index (Phi) is 5.35. The number of nitrogens with zero attached hydrogens (tertiary/aromatic N) is 3. The van der Waals surface area contributed by atoms with E-state index in [2.05, 4.69) is 43.2 Å². The zero-order valence-corrected chi connectivity index (χ0v) is 15.7. The molecule has 0 aliphatic carbocycles. The molecule has 0 N–H and O–H groups in total. The van der Waals surface area contributed by atoms with Crippen molar-refractivity contribution in [1.29, 1.82) is 0 Å². The summed E-state index contributed by atoms with van der Waals surface area (Å²) in [6.45, 7) is 6.52. The van der Waals surface area contributed by atoms with Crippen molar-refractivity contribution in [2.75, 3.05) is 7.11 Å². The maximum Gasteiger partial charge on any atom is 0.165 e. The fraction of sp³-hybridized carbons (Fsp3) is 0.333. The highest BCUT2D eigenvalue weighted by Gasteiger charge is 2.14. The van der Waals surface area contributed by atoms with Crippen LogP contribution in [-0.2, 0) is 19.3 Å². The van der Waals surface area contributed by atoms with Crippen LogP contribution >= 0.6 is 0 Å². The van der Waals surface area contributed by atoms with Gasteiger partial charge in [-0.3, -0.25) is 0 Å². The van der Waals surface area contributed by atoms with Crippen LogP contribution in [0.2, 0.25) is 0 Å². The Hall–Kier alpha value is -2.69. The van der Waals surface area contributed by atoms with Gasteiger partial charge < -0.3 is 4.74 Å². The fourth-order valence-corrected chi connectivity index (χ4v) is 3.43. The monoisotopic (exact) mass is 353 g/mol. The zero-order valence-electron chi connectivity index (χ0n) is 15.7. The SMILES string of the molecule is CCc1cc(-n2nncc2-c2ccc(OC)c(F)c2)cc(CC)c1CC. The van der Waals surface area contributed by atoms with Gasteiger partial charge in [-0.2, -0.15) is 0 Å². The number of hydrogen-bond donors (Lipinski definition) is 0. The number of aryl methyl sites for hydroxylation is 2. The number of ether oxygens (including phenoxy) is 1. The van der Waals surface area contributed by atoms with Crippen LogP contribution in [0.4, 0.5) is 4.39 Å². The summed E-state index contributed by atoms with van der Waals surface area (Å²) in [7, 11) is 1.46. The van der Waals surface area contributed by atoms with Crippen LogP contribution in [-0.4, -0.2) is 22.1 Å². The van der Waals surface area contributed by atoms with E-state index in [9.17, 15) is 4.39 Å². The molecule has 0 bridgehead atoms. The van der Waals surface area contributed by atoms with Crippen LogP contribution in [0.25, 0.3) is 16.9 Å². The smallest absolute Gasteiger partial charge is 0.165 e. The first-order chi connectivity index (χ1) is 12.6. The molecule has 26 heavy (non-hydrogen) atoms. The second-order valence-corrected chi connectivity index (χ2v) is 6.18. The van der Waals surface area contributed by atoms with E-state index >= 15 is 0 Å². The average molecular weight is 353 g/mol. The van der Waals surface area contributed by atoms with E-state index in [4.69, 9.17) is 4.74 Å². The molecule has 0 saturated carbocycles. The standard InChI is InChI=1S/C21H24FN3O/c1-5-14-10-17(11-15(6-2)18(14)7-3)25-20(13-23-24-25)16-8-9-21(26-4)19(22)12-16/h8-13H,5-7H2,1-4H3. The van der Waals surface area contributed by atoms with E-state index < -0.39 is 5.82 Å². The van der Waals surface area contributed by atoms with E-state index in [1.165, 1.54) is 29.9 Å². The molecule has 3 aromatic rings. The second kappa shape index (κ2) is 7.68. The molecule has 3 rings (SSSR count). The van der Waals surface area contributed by atoms with Crippen LogP contribution in [0.5, 0.6) is 5.75 Å². The lowest BCUT2D eigenvalue weighted by Crippen LogP contribution is -2.05. The van der Waals surface area contributed by atoms with Crippen molar-refractivity contribution in [3.63, 3.8) is 0 Å². The minimum atomic E-state index is -0.400. The fourth-order valence-electron chi connectivity index (χ4n) is 3.43. The predicted molar refractivity (Wildman–Crippen MR) is 101 cm³/mol. The molecule has 1 heterocycles. The lowest BCUT2D eigenvalue weighted by Gasteiger charge is -2.15. The molecule has 0 aliphatic rings. The molecule has 0 unspecified atom stereocenters. The quantitative estimate of drug-likeness (QED) is 0.641. The van der Waals surface area contributed by atoms with Gasteiger partial charge in [0.25, 0.3) is 0 Å². The lowest BCUT2D eigenvalue weighted by atomic mass is 9.94. The number of methoxy groups -OCH3 is 1. The highest BCUT2D eigenvalue weighted by Crippen LogP contribution is 2.28. The Morgan fingerprint density at radius 2 is 1.69 bits per heavy atom. The Labute approximate surface area is 153 Å². The first-order valence-corrected chi connectivity index (χ1v) is 9.02. The van der Waals surface area contributed by atoms with Crippen molar-refractivity contribution in [2.45, 2.75) is 40.0 Å². The molecule has 0 amide bonds. The van der Waals surface area contributed by atoms with E-state index in [1.807, 2.05) is 6.07 Å². The maximum atomic E-state index is 14.1. The van der Waals surface area contributed by atoms with E-state index in [0.29, 0.717) is 5.56 Å². The predicted octanol–water partition coefficient (Wildman–Crippen LogP) is 4.77. The number of aromatic nitrogens is 3. The third-order valence-corrected chi connectivity index (χ3v) is 4.78. The molecule has 5 heteroatoms. The molecule has 0 radical (unpaired) electrons. The summed E-state index contributed by atoms with van der Waals surface area (Å²) in [5.41, 5.74) is 6.48. The van der Waals surface area contributed by atoms with Crippen LogP contribution in [0.15, 0.2) is 36.5 Å². The normalized spacial score (nSPS) is 11.0. The van der Waals surface area contributed by atoms with Crippen molar-refractivity contribution in [3.05, 3.63) is 59.0 Å². The molecule has 4 nitrogen and oxygen atoms in total. The molecule has 1 aromatic heterocycles. The largest absolute Gasteiger partial charge is 0.494 e. The van der Waals surface area contributed by atoms with Gasteiger partial charge in [0.1, 0.15) is 0 Å². The van der Waals surface area contributed by atoms with Crippen LogP contribution < -0.4 is 4.74 Å².